The van der Waals surface area contributed by atoms with Crippen LogP contribution in [0.2, 0.25) is 5.02 Å². The summed E-state index contributed by atoms with van der Waals surface area (Å²) in [7, 11) is 3.02. The van der Waals surface area contributed by atoms with Crippen LogP contribution in [-0.2, 0) is 14.3 Å². The molecule has 0 bridgehead atoms. The fourth-order valence-corrected chi connectivity index (χ4v) is 4.32. The Hall–Kier alpha value is -2.83. The monoisotopic (exact) mass is 443 g/mol. The molecule has 0 spiro atoms. The van der Waals surface area contributed by atoms with Gasteiger partial charge in [-0.1, -0.05) is 35.9 Å². The molecule has 1 unspecified atom stereocenters. The number of rotatable bonds is 7. The van der Waals surface area contributed by atoms with Crippen LogP contribution in [0.3, 0.4) is 0 Å². The Labute approximate surface area is 187 Å². The third-order valence-corrected chi connectivity index (χ3v) is 5.70. The van der Waals surface area contributed by atoms with Gasteiger partial charge in [-0.3, -0.25) is 9.59 Å². The summed E-state index contributed by atoms with van der Waals surface area (Å²) < 4.78 is 10.5. The summed E-state index contributed by atoms with van der Waals surface area (Å²) in [5, 5.41) is 11.6. The van der Waals surface area contributed by atoms with E-state index in [9.17, 15) is 14.7 Å². The third kappa shape index (κ3) is 4.31. The fraction of sp³-hybridized carbons (Fsp3) is 0.333. The topological polar surface area (TPSA) is 76.1 Å². The quantitative estimate of drug-likeness (QED) is 0.296. The van der Waals surface area contributed by atoms with Crippen LogP contribution in [0.1, 0.15) is 34.7 Å². The Morgan fingerprint density at radius 3 is 2.52 bits per heavy atom. The molecule has 1 fully saturated rings. The van der Waals surface area contributed by atoms with Gasteiger partial charge in [-0.2, -0.15) is 0 Å². The first kappa shape index (κ1) is 22.8. The Kier molecular flexibility index (Phi) is 7.03. The number of ether oxygens (including phenoxy) is 2. The van der Waals surface area contributed by atoms with Gasteiger partial charge < -0.3 is 19.5 Å². The Bertz CT molecular complexity index is 1050. The van der Waals surface area contributed by atoms with Gasteiger partial charge in [0.15, 0.2) is 0 Å². The van der Waals surface area contributed by atoms with Gasteiger partial charge in [0.2, 0.25) is 0 Å². The van der Waals surface area contributed by atoms with Gasteiger partial charge in [0.05, 0.1) is 29.3 Å². The highest BCUT2D eigenvalue weighted by atomic mass is 35.5. The summed E-state index contributed by atoms with van der Waals surface area (Å²) in [6.07, 6.45) is 0.561. The molecule has 1 aliphatic heterocycles. The number of halogens is 1. The van der Waals surface area contributed by atoms with Crippen LogP contribution >= 0.6 is 11.6 Å². The molecule has 0 radical (unpaired) electrons. The number of benzene rings is 2. The number of amides is 1. The number of Topliss-reactive ketones (excluding diaryl/α,β-unsaturated/α-hetero) is 1. The van der Waals surface area contributed by atoms with Gasteiger partial charge in [-0.25, -0.2) is 0 Å². The lowest BCUT2D eigenvalue weighted by molar-refractivity contribution is -0.140. The van der Waals surface area contributed by atoms with E-state index in [0.717, 1.165) is 16.7 Å². The number of hydrogen-bond acceptors (Lipinski definition) is 5. The van der Waals surface area contributed by atoms with Crippen molar-refractivity contribution >= 4 is 29.1 Å². The molecule has 1 aliphatic rings. The van der Waals surface area contributed by atoms with E-state index in [1.807, 2.05) is 38.1 Å². The number of aliphatic hydroxyl groups is 1. The van der Waals surface area contributed by atoms with Crippen LogP contribution < -0.4 is 4.74 Å². The molecule has 1 N–H and O–H groups in total. The molecule has 7 heteroatoms. The smallest absolute Gasteiger partial charge is 0.295 e. The van der Waals surface area contributed by atoms with E-state index < -0.39 is 17.7 Å². The highest BCUT2D eigenvalue weighted by Crippen LogP contribution is 2.43. The van der Waals surface area contributed by atoms with Gasteiger partial charge in [0, 0.05) is 20.3 Å². The summed E-state index contributed by atoms with van der Waals surface area (Å²) in [6, 6.07) is 10.2. The molecule has 1 amide bonds. The highest BCUT2D eigenvalue weighted by Gasteiger charge is 2.46. The number of ketones is 1. The fourth-order valence-electron chi connectivity index (χ4n) is 3.96. The molecule has 1 atom stereocenters. The maximum atomic E-state index is 13.1. The first-order chi connectivity index (χ1) is 14.8. The minimum atomic E-state index is -0.733. The SMILES string of the molecule is COCCCN1C(=O)C(=O)/C(=C(/O)c2cc(C)cc(Cl)c2OC)C1c1ccccc1C. The van der Waals surface area contributed by atoms with Crippen molar-refractivity contribution in [3.05, 3.63) is 69.2 Å². The standard InChI is InChI=1S/C24H26ClNO5/c1-14-12-17(23(31-4)18(25)13-14)21(27)19-20(16-9-6-5-8-15(16)2)26(10-7-11-30-3)24(29)22(19)28/h5-6,8-9,12-13,20,27H,7,10-11H2,1-4H3/b21-19+. The zero-order valence-electron chi connectivity index (χ0n) is 18.1. The van der Waals surface area contributed by atoms with Crippen molar-refractivity contribution < 1.29 is 24.2 Å². The molecule has 3 rings (SSSR count). The van der Waals surface area contributed by atoms with Crippen LogP contribution in [0.5, 0.6) is 5.75 Å². The van der Waals surface area contributed by atoms with Crippen molar-refractivity contribution in [3.63, 3.8) is 0 Å². The lowest BCUT2D eigenvalue weighted by atomic mass is 9.92. The largest absolute Gasteiger partial charge is 0.507 e. The number of carbonyl (C=O) groups excluding carboxylic acids is 2. The molecule has 0 aromatic heterocycles. The predicted octanol–water partition coefficient (Wildman–Crippen LogP) is 4.42. The maximum absolute atomic E-state index is 13.1. The van der Waals surface area contributed by atoms with Crippen LogP contribution in [0.4, 0.5) is 0 Å². The summed E-state index contributed by atoms with van der Waals surface area (Å²) in [5.41, 5.74) is 2.77. The van der Waals surface area contributed by atoms with E-state index in [-0.39, 0.29) is 22.6 Å². The van der Waals surface area contributed by atoms with E-state index >= 15 is 0 Å². The number of likely N-dealkylation sites (tertiary alicyclic amines) is 1. The van der Waals surface area contributed by atoms with Crippen LogP contribution in [0.15, 0.2) is 42.0 Å². The van der Waals surface area contributed by atoms with Crippen molar-refractivity contribution in [2.24, 2.45) is 0 Å². The second-order valence-electron chi connectivity index (χ2n) is 7.52. The Balaban J connectivity index is 2.24. The number of methoxy groups -OCH3 is 2. The van der Waals surface area contributed by atoms with Crippen molar-refractivity contribution in [3.8, 4) is 5.75 Å². The number of carbonyl (C=O) groups is 2. The maximum Gasteiger partial charge on any atom is 0.295 e. The van der Waals surface area contributed by atoms with Crippen molar-refractivity contribution in [1.82, 2.24) is 4.90 Å². The van der Waals surface area contributed by atoms with Crippen LogP contribution in [-0.4, -0.2) is 49.1 Å². The highest BCUT2D eigenvalue weighted by molar-refractivity contribution is 6.46. The molecule has 1 heterocycles. The lowest BCUT2D eigenvalue weighted by Crippen LogP contribution is -2.31. The first-order valence-corrected chi connectivity index (χ1v) is 10.4. The van der Waals surface area contributed by atoms with Gasteiger partial charge >= 0.3 is 0 Å². The molecule has 0 saturated carbocycles. The summed E-state index contributed by atoms with van der Waals surface area (Å²) in [6.45, 7) is 4.50. The summed E-state index contributed by atoms with van der Waals surface area (Å²) in [4.78, 5) is 27.6. The number of hydrogen-bond donors (Lipinski definition) is 1. The van der Waals surface area contributed by atoms with E-state index in [1.54, 1.807) is 19.2 Å². The molecule has 164 valence electrons. The van der Waals surface area contributed by atoms with E-state index in [2.05, 4.69) is 0 Å². The molecule has 6 nitrogen and oxygen atoms in total. The summed E-state index contributed by atoms with van der Waals surface area (Å²) in [5.74, 6) is -1.44. The second kappa shape index (κ2) is 9.54. The third-order valence-electron chi connectivity index (χ3n) is 5.42. The number of nitrogens with zero attached hydrogens (tertiary/aromatic N) is 1. The van der Waals surface area contributed by atoms with Gasteiger partial charge in [0.25, 0.3) is 11.7 Å². The van der Waals surface area contributed by atoms with Gasteiger partial charge in [0.1, 0.15) is 11.5 Å². The number of aryl methyl sites for hydroxylation is 2. The zero-order valence-corrected chi connectivity index (χ0v) is 18.8. The van der Waals surface area contributed by atoms with E-state index in [4.69, 9.17) is 21.1 Å². The lowest BCUT2D eigenvalue weighted by Gasteiger charge is -2.26. The molecular weight excluding hydrogens is 418 g/mol. The molecule has 2 aromatic rings. The molecule has 1 saturated heterocycles. The average molecular weight is 444 g/mol. The van der Waals surface area contributed by atoms with Crippen LogP contribution in [0, 0.1) is 13.8 Å². The minimum absolute atomic E-state index is 0.0247. The molecular formula is C24H26ClNO5. The normalized spacial score (nSPS) is 18.0. The molecule has 31 heavy (non-hydrogen) atoms. The van der Waals surface area contributed by atoms with Gasteiger partial charge in [-0.05, 0) is 49.1 Å². The van der Waals surface area contributed by atoms with Crippen molar-refractivity contribution in [2.75, 3.05) is 27.4 Å². The van der Waals surface area contributed by atoms with Crippen LogP contribution in [0.25, 0.3) is 5.76 Å². The average Bonchev–Trinajstić information content (AvgIpc) is 2.98. The minimum Gasteiger partial charge on any atom is -0.507 e. The van der Waals surface area contributed by atoms with Crippen molar-refractivity contribution in [2.45, 2.75) is 26.3 Å². The Morgan fingerprint density at radius 1 is 1.16 bits per heavy atom. The number of aliphatic hydroxyl groups excluding tert-OH is 1. The predicted molar refractivity (Wildman–Crippen MR) is 119 cm³/mol. The zero-order chi connectivity index (χ0) is 22.7. The van der Waals surface area contributed by atoms with E-state index in [1.165, 1.54) is 12.0 Å². The van der Waals surface area contributed by atoms with E-state index in [0.29, 0.717) is 24.6 Å². The van der Waals surface area contributed by atoms with Gasteiger partial charge in [-0.15, -0.1) is 0 Å². The molecule has 0 aliphatic carbocycles. The second-order valence-corrected chi connectivity index (χ2v) is 7.93. The molecule has 2 aromatic carbocycles. The van der Waals surface area contributed by atoms with Crippen molar-refractivity contribution in [1.29, 1.82) is 0 Å². The first-order valence-electron chi connectivity index (χ1n) is 9.99. The Morgan fingerprint density at radius 2 is 1.87 bits per heavy atom. The summed E-state index contributed by atoms with van der Waals surface area (Å²) >= 11 is 6.31.